The first-order valence-electron chi connectivity index (χ1n) is 6.89. The first kappa shape index (κ1) is 16.9. The van der Waals surface area contributed by atoms with E-state index in [2.05, 4.69) is 10.0 Å². The summed E-state index contributed by atoms with van der Waals surface area (Å²) in [6.07, 6.45) is 0.218. The average Bonchev–Trinajstić information content (AvgIpc) is 2.42. The van der Waals surface area contributed by atoms with Crippen molar-refractivity contribution < 1.29 is 13.5 Å². The van der Waals surface area contributed by atoms with Crippen LogP contribution < -0.4 is 10.0 Å². The minimum Gasteiger partial charge on any atom is -0.391 e. The van der Waals surface area contributed by atoms with Gasteiger partial charge in [-0.3, -0.25) is 0 Å². The Kier molecular flexibility index (Phi) is 6.45. The number of benzene rings is 1. The molecule has 0 spiro atoms. The van der Waals surface area contributed by atoms with Gasteiger partial charge in [0, 0.05) is 13.1 Å². The zero-order valence-corrected chi connectivity index (χ0v) is 13.1. The minimum atomic E-state index is -3.52. The lowest BCUT2D eigenvalue weighted by Gasteiger charge is -2.18. The van der Waals surface area contributed by atoms with Gasteiger partial charge in [-0.2, -0.15) is 0 Å². The van der Waals surface area contributed by atoms with Crippen LogP contribution in [0.3, 0.4) is 0 Å². The molecule has 1 aromatic rings. The smallest absolute Gasteiger partial charge is 0.242 e. The molecule has 1 rings (SSSR count). The molecule has 0 amide bonds. The van der Waals surface area contributed by atoms with Crippen molar-refractivity contribution in [3.05, 3.63) is 24.3 Å². The minimum absolute atomic E-state index is 0.115. The van der Waals surface area contributed by atoms with Crippen molar-refractivity contribution in [2.24, 2.45) is 5.92 Å². The second-order valence-corrected chi connectivity index (χ2v) is 6.82. The lowest BCUT2D eigenvalue weighted by atomic mass is 10.1. The second kappa shape index (κ2) is 7.61. The molecule has 0 radical (unpaired) electrons. The van der Waals surface area contributed by atoms with E-state index in [1.807, 2.05) is 20.8 Å². The number of para-hydroxylation sites is 1. The molecule has 0 aromatic heterocycles. The molecular weight excluding hydrogens is 276 g/mol. The van der Waals surface area contributed by atoms with Gasteiger partial charge in [0.15, 0.2) is 0 Å². The summed E-state index contributed by atoms with van der Waals surface area (Å²) in [5.41, 5.74) is 0.510. The molecule has 20 heavy (non-hydrogen) atoms. The van der Waals surface area contributed by atoms with Gasteiger partial charge in [0.25, 0.3) is 0 Å². The standard InChI is InChI=1S/C14H24N2O3S/c1-4-9-16-20(18,19)14-8-6-5-7-12(14)15-10-13(17)11(2)3/h5-8,11,13,15-17H,4,9-10H2,1-3H3. The fourth-order valence-electron chi connectivity index (χ4n) is 1.61. The van der Waals surface area contributed by atoms with Gasteiger partial charge in [-0.1, -0.05) is 32.9 Å². The zero-order valence-electron chi connectivity index (χ0n) is 12.3. The Morgan fingerprint density at radius 3 is 2.50 bits per heavy atom. The molecule has 6 heteroatoms. The van der Waals surface area contributed by atoms with Crippen LogP contribution in [-0.4, -0.2) is 32.7 Å². The number of sulfonamides is 1. The van der Waals surface area contributed by atoms with E-state index in [1.165, 1.54) is 0 Å². The van der Waals surface area contributed by atoms with E-state index in [-0.39, 0.29) is 10.8 Å². The summed E-state index contributed by atoms with van der Waals surface area (Å²) in [6, 6.07) is 6.71. The third-order valence-corrected chi connectivity index (χ3v) is 4.51. The predicted octanol–water partition coefficient (Wildman–Crippen LogP) is 1.80. The molecular formula is C14H24N2O3S. The highest BCUT2D eigenvalue weighted by atomic mass is 32.2. The van der Waals surface area contributed by atoms with Crippen molar-refractivity contribution in [1.82, 2.24) is 4.72 Å². The topological polar surface area (TPSA) is 78.4 Å². The molecule has 0 aliphatic rings. The number of aliphatic hydroxyl groups excluding tert-OH is 1. The molecule has 0 saturated carbocycles. The van der Waals surface area contributed by atoms with Crippen LogP contribution in [0, 0.1) is 5.92 Å². The van der Waals surface area contributed by atoms with Crippen molar-refractivity contribution in [2.45, 2.75) is 38.2 Å². The van der Waals surface area contributed by atoms with Gasteiger partial charge in [-0.05, 0) is 24.5 Å². The molecule has 1 aromatic carbocycles. The van der Waals surface area contributed by atoms with E-state index in [0.717, 1.165) is 6.42 Å². The maximum Gasteiger partial charge on any atom is 0.242 e. The van der Waals surface area contributed by atoms with Crippen LogP contribution in [0.25, 0.3) is 0 Å². The largest absolute Gasteiger partial charge is 0.391 e. The summed E-state index contributed by atoms with van der Waals surface area (Å²) < 4.78 is 26.9. The van der Waals surface area contributed by atoms with Gasteiger partial charge in [0.1, 0.15) is 4.90 Å². The van der Waals surface area contributed by atoms with Gasteiger partial charge in [-0.25, -0.2) is 13.1 Å². The Morgan fingerprint density at radius 1 is 1.25 bits per heavy atom. The molecule has 0 fully saturated rings. The Bertz CT molecular complexity index is 515. The van der Waals surface area contributed by atoms with Crippen LogP contribution in [0.1, 0.15) is 27.2 Å². The summed E-state index contributed by atoms with van der Waals surface area (Å²) >= 11 is 0. The molecule has 1 unspecified atom stereocenters. The van der Waals surface area contributed by atoms with E-state index < -0.39 is 16.1 Å². The Balaban J connectivity index is 2.88. The lowest BCUT2D eigenvalue weighted by Crippen LogP contribution is -2.28. The van der Waals surface area contributed by atoms with Crippen molar-refractivity contribution in [3.8, 4) is 0 Å². The van der Waals surface area contributed by atoms with E-state index in [0.29, 0.717) is 18.8 Å². The van der Waals surface area contributed by atoms with Crippen molar-refractivity contribution in [2.75, 3.05) is 18.4 Å². The molecule has 0 aliphatic heterocycles. The third-order valence-electron chi connectivity index (χ3n) is 2.99. The number of nitrogens with one attached hydrogen (secondary N) is 2. The lowest BCUT2D eigenvalue weighted by molar-refractivity contribution is 0.138. The molecule has 114 valence electrons. The number of aliphatic hydroxyl groups is 1. The van der Waals surface area contributed by atoms with E-state index >= 15 is 0 Å². The number of rotatable bonds is 8. The highest BCUT2D eigenvalue weighted by Gasteiger charge is 2.18. The van der Waals surface area contributed by atoms with Gasteiger partial charge >= 0.3 is 0 Å². The first-order chi connectivity index (χ1) is 9.38. The Morgan fingerprint density at radius 2 is 1.90 bits per heavy atom. The summed E-state index contributed by atoms with van der Waals surface area (Å²) in [7, 11) is -3.52. The zero-order chi connectivity index (χ0) is 15.2. The van der Waals surface area contributed by atoms with Crippen LogP contribution >= 0.6 is 0 Å². The van der Waals surface area contributed by atoms with Crippen LogP contribution in [0.2, 0.25) is 0 Å². The highest BCUT2D eigenvalue weighted by molar-refractivity contribution is 7.89. The third kappa shape index (κ3) is 4.77. The number of hydrogen-bond acceptors (Lipinski definition) is 4. The molecule has 0 saturated heterocycles. The fraction of sp³-hybridized carbons (Fsp3) is 0.571. The van der Waals surface area contributed by atoms with Gasteiger partial charge in [0.2, 0.25) is 10.0 Å². The van der Waals surface area contributed by atoms with Crippen molar-refractivity contribution in [3.63, 3.8) is 0 Å². The van der Waals surface area contributed by atoms with Crippen molar-refractivity contribution in [1.29, 1.82) is 0 Å². The van der Waals surface area contributed by atoms with Crippen LogP contribution in [0.4, 0.5) is 5.69 Å². The molecule has 1 atom stereocenters. The second-order valence-electron chi connectivity index (χ2n) is 5.09. The quantitative estimate of drug-likeness (QED) is 0.684. The fourth-order valence-corrected chi connectivity index (χ4v) is 2.93. The van der Waals surface area contributed by atoms with Gasteiger partial charge in [0.05, 0.1) is 11.8 Å². The Labute approximate surface area is 121 Å². The molecule has 5 nitrogen and oxygen atoms in total. The molecule has 0 heterocycles. The molecule has 3 N–H and O–H groups in total. The van der Waals surface area contributed by atoms with E-state index in [9.17, 15) is 13.5 Å². The van der Waals surface area contributed by atoms with Crippen LogP contribution in [0.15, 0.2) is 29.2 Å². The van der Waals surface area contributed by atoms with Gasteiger partial charge < -0.3 is 10.4 Å². The van der Waals surface area contributed by atoms with E-state index in [1.54, 1.807) is 24.3 Å². The SMILES string of the molecule is CCCNS(=O)(=O)c1ccccc1NCC(O)C(C)C. The monoisotopic (exact) mass is 300 g/mol. The van der Waals surface area contributed by atoms with Crippen LogP contribution in [-0.2, 0) is 10.0 Å². The summed E-state index contributed by atoms with van der Waals surface area (Å²) in [5, 5.41) is 12.8. The normalized spacial score (nSPS) is 13.4. The average molecular weight is 300 g/mol. The van der Waals surface area contributed by atoms with Crippen molar-refractivity contribution >= 4 is 15.7 Å². The predicted molar refractivity (Wildman–Crippen MR) is 81.3 cm³/mol. The summed E-state index contributed by atoms with van der Waals surface area (Å²) in [5.74, 6) is 0.115. The Hall–Kier alpha value is -1.11. The highest BCUT2D eigenvalue weighted by Crippen LogP contribution is 2.20. The molecule has 0 aliphatic carbocycles. The summed E-state index contributed by atoms with van der Waals surface area (Å²) in [4.78, 5) is 0.212. The number of hydrogen-bond donors (Lipinski definition) is 3. The maximum absolute atomic E-state index is 12.2. The summed E-state index contributed by atoms with van der Waals surface area (Å²) in [6.45, 7) is 6.46. The molecule has 0 bridgehead atoms. The van der Waals surface area contributed by atoms with E-state index in [4.69, 9.17) is 0 Å². The number of anilines is 1. The maximum atomic E-state index is 12.2. The van der Waals surface area contributed by atoms with Gasteiger partial charge in [-0.15, -0.1) is 0 Å². The van der Waals surface area contributed by atoms with Crippen LogP contribution in [0.5, 0.6) is 0 Å². The first-order valence-corrected chi connectivity index (χ1v) is 8.37.